The molecule has 84 valence electrons. The predicted octanol–water partition coefficient (Wildman–Crippen LogP) is 3.31. The van der Waals surface area contributed by atoms with Crippen LogP contribution in [0.3, 0.4) is 0 Å². The van der Waals surface area contributed by atoms with Gasteiger partial charge in [0.05, 0.1) is 9.35 Å². The van der Waals surface area contributed by atoms with Gasteiger partial charge in [0, 0.05) is 16.8 Å². The van der Waals surface area contributed by atoms with Gasteiger partial charge in [0.25, 0.3) is 5.91 Å². The SMILES string of the molecule is Cc1ccc(C)n1NC(=O)c1csc(Br)c1. The van der Waals surface area contributed by atoms with Crippen molar-refractivity contribution < 1.29 is 4.79 Å². The van der Waals surface area contributed by atoms with Crippen molar-refractivity contribution in [1.29, 1.82) is 0 Å². The second-order valence-corrected chi connectivity index (χ2v) is 5.82. The number of aromatic nitrogens is 1. The summed E-state index contributed by atoms with van der Waals surface area (Å²) in [6.07, 6.45) is 0. The number of carbonyl (C=O) groups excluding carboxylic acids is 1. The molecule has 2 aromatic heterocycles. The lowest BCUT2D eigenvalue weighted by Gasteiger charge is -2.10. The standard InChI is InChI=1S/C11H11BrN2OS/c1-7-3-4-8(2)14(7)13-11(15)9-5-10(12)16-6-9/h3-6H,1-2H3,(H,13,15). The molecule has 2 aromatic rings. The van der Waals surface area contributed by atoms with Crippen molar-refractivity contribution >= 4 is 33.2 Å². The van der Waals surface area contributed by atoms with Gasteiger partial charge in [0.1, 0.15) is 0 Å². The summed E-state index contributed by atoms with van der Waals surface area (Å²) < 4.78 is 2.74. The highest BCUT2D eigenvalue weighted by Crippen LogP contribution is 2.20. The molecular weight excluding hydrogens is 288 g/mol. The molecule has 0 spiro atoms. The van der Waals surface area contributed by atoms with Crippen LogP contribution in [0.2, 0.25) is 0 Å². The molecule has 0 aromatic carbocycles. The Morgan fingerprint density at radius 1 is 1.38 bits per heavy atom. The first-order chi connectivity index (χ1) is 7.58. The van der Waals surface area contributed by atoms with E-state index >= 15 is 0 Å². The van der Waals surface area contributed by atoms with Crippen LogP contribution in [-0.2, 0) is 0 Å². The zero-order chi connectivity index (χ0) is 11.7. The first-order valence-electron chi connectivity index (χ1n) is 4.78. The maximum atomic E-state index is 11.9. The Morgan fingerprint density at radius 2 is 2.00 bits per heavy atom. The summed E-state index contributed by atoms with van der Waals surface area (Å²) >= 11 is 4.84. The van der Waals surface area contributed by atoms with Crippen LogP contribution in [0.1, 0.15) is 21.7 Å². The van der Waals surface area contributed by atoms with E-state index in [9.17, 15) is 4.79 Å². The monoisotopic (exact) mass is 298 g/mol. The van der Waals surface area contributed by atoms with Gasteiger partial charge in [-0.1, -0.05) is 0 Å². The van der Waals surface area contributed by atoms with Crippen molar-refractivity contribution in [3.63, 3.8) is 0 Å². The summed E-state index contributed by atoms with van der Waals surface area (Å²) in [7, 11) is 0. The van der Waals surface area contributed by atoms with Crippen molar-refractivity contribution in [3.8, 4) is 0 Å². The first kappa shape index (κ1) is 11.4. The van der Waals surface area contributed by atoms with Crippen molar-refractivity contribution in [3.05, 3.63) is 44.3 Å². The van der Waals surface area contributed by atoms with Crippen LogP contribution in [-0.4, -0.2) is 10.6 Å². The number of aryl methyl sites for hydroxylation is 2. The minimum Gasteiger partial charge on any atom is -0.267 e. The number of rotatable bonds is 2. The largest absolute Gasteiger partial charge is 0.270 e. The third kappa shape index (κ3) is 2.20. The highest BCUT2D eigenvalue weighted by molar-refractivity contribution is 9.11. The quantitative estimate of drug-likeness (QED) is 0.907. The van der Waals surface area contributed by atoms with Crippen LogP contribution in [0.25, 0.3) is 0 Å². The fraction of sp³-hybridized carbons (Fsp3) is 0.182. The van der Waals surface area contributed by atoms with Crippen LogP contribution in [0, 0.1) is 13.8 Å². The van der Waals surface area contributed by atoms with Gasteiger partial charge in [-0.25, -0.2) is 0 Å². The molecule has 5 heteroatoms. The van der Waals surface area contributed by atoms with Gasteiger partial charge in [-0.05, 0) is 48.0 Å². The van der Waals surface area contributed by atoms with Crippen LogP contribution < -0.4 is 5.43 Å². The zero-order valence-electron chi connectivity index (χ0n) is 8.95. The Kier molecular flexibility index (Phi) is 3.16. The molecule has 0 fully saturated rings. The lowest BCUT2D eigenvalue weighted by molar-refractivity contribution is 0.101. The molecule has 2 rings (SSSR count). The molecule has 0 radical (unpaired) electrons. The van der Waals surface area contributed by atoms with Crippen molar-refractivity contribution in [2.75, 3.05) is 5.43 Å². The van der Waals surface area contributed by atoms with Gasteiger partial charge in [-0.3, -0.25) is 14.9 Å². The third-order valence-electron chi connectivity index (χ3n) is 2.31. The Morgan fingerprint density at radius 3 is 2.50 bits per heavy atom. The molecule has 1 amide bonds. The van der Waals surface area contributed by atoms with E-state index in [0.29, 0.717) is 5.56 Å². The molecule has 1 N–H and O–H groups in total. The van der Waals surface area contributed by atoms with Crippen LogP contribution >= 0.6 is 27.3 Å². The minimum absolute atomic E-state index is 0.0932. The highest BCUT2D eigenvalue weighted by Gasteiger charge is 2.10. The van der Waals surface area contributed by atoms with E-state index in [0.717, 1.165) is 15.2 Å². The summed E-state index contributed by atoms with van der Waals surface area (Å²) in [4.78, 5) is 11.9. The molecule has 0 saturated carbocycles. The topological polar surface area (TPSA) is 34.0 Å². The van der Waals surface area contributed by atoms with E-state index in [2.05, 4.69) is 21.4 Å². The number of carbonyl (C=O) groups is 1. The Bertz CT molecular complexity index is 510. The number of hydrogen-bond acceptors (Lipinski definition) is 2. The minimum atomic E-state index is -0.0932. The summed E-state index contributed by atoms with van der Waals surface area (Å²) in [5.41, 5.74) is 5.55. The van der Waals surface area contributed by atoms with E-state index in [4.69, 9.17) is 0 Å². The Balaban J connectivity index is 2.20. The number of hydrogen-bond donors (Lipinski definition) is 1. The molecular formula is C11H11BrN2OS. The molecule has 0 aliphatic carbocycles. The van der Waals surface area contributed by atoms with Crippen LogP contribution in [0.15, 0.2) is 27.4 Å². The van der Waals surface area contributed by atoms with Crippen LogP contribution in [0.4, 0.5) is 0 Å². The Labute approximate surface area is 106 Å². The van der Waals surface area contributed by atoms with E-state index < -0.39 is 0 Å². The average molecular weight is 299 g/mol. The molecule has 0 atom stereocenters. The van der Waals surface area contributed by atoms with Gasteiger partial charge >= 0.3 is 0 Å². The maximum Gasteiger partial charge on any atom is 0.270 e. The fourth-order valence-electron chi connectivity index (χ4n) is 1.44. The molecule has 0 aliphatic heterocycles. The number of nitrogens with zero attached hydrogens (tertiary/aromatic N) is 1. The van der Waals surface area contributed by atoms with E-state index in [1.165, 1.54) is 11.3 Å². The number of amides is 1. The molecule has 0 unspecified atom stereocenters. The normalized spacial score (nSPS) is 10.4. The molecule has 3 nitrogen and oxygen atoms in total. The third-order valence-corrected chi connectivity index (χ3v) is 3.82. The summed E-state index contributed by atoms with van der Waals surface area (Å²) in [6, 6.07) is 5.76. The molecule has 0 saturated heterocycles. The van der Waals surface area contributed by atoms with Crippen molar-refractivity contribution in [1.82, 2.24) is 4.68 Å². The van der Waals surface area contributed by atoms with Crippen molar-refractivity contribution in [2.45, 2.75) is 13.8 Å². The van der Waals surface area contributed by atoms with Gasteiger partial charge in [-0.15, -0.1) is 11.3 Å². The summed E-state index contributed by atoms with van der Waals surface area (Å²) in [6.45, 7) is 3.91. The second-order valence-electron chi connectivity index (χ2n) is 3.53. The maximum absolute atomic E-state index is 11.9. The highest BCUT2D eigenvalue weighted by atomic mass is 79.9. The van der Waals surface area contributed by atoms with Gasteiger partial charge < -0.3 is 0 Å². The zero-order valence-corrected chi connectivity index (χ0v) is 11.4. The fourth-order valence-corrected chi connectivity index (χ4v) is 2.58. The first-order valence-corrected chi connectivity index (χ1v) is 6.45. The van der Waals surface area contributed by atoms with Gasteiger partial charge in [0.2, 0.25) is 0 Å². The summed E-state index contributed by atoms with van der Waals surface area (Å²) in [5, 5.41) is 1.83. The van der Waals surface area contributed by atoms with Crippen molar-refractivity contribution in [2.24, 2.45) is 0 Å². The van der Waals surface area contributed by atoms with E-state index in [1.54, 1.807) is 4.68 Å². The van der Waals surface area contributed by atoms with E-state index in [1.807, 2.05) is 37.4 Å². The van der Waals surface area contributed by atoms with Crippen LogP contribution in [0.5, 0.6) is 0 Å². The molecule has 0 bridgehead atoms. The van der Waals surface area contributed by atoms with Gasteiger partial charge in [-0.2, -0.15) is 0 Å². The molecule has 0 aliphatic rings. The van der Waals surface area contributed by atoms with E-state index in [-0.39, 0.29) is 5.91 Å². The lowest BCUT2D eigenvalue weighted by atomic mass is 10.3. The Hall–Kier alpha value is -1.07. The van der Waals surface area contributed by atoms with Gasteiger partial charge in [0.15, 0.2) is 0 Å². The summed E-state index contributed by atoms with van der Waals surface area (Å²) in [5.74, 6) is -0.0932. The predicted molar refractivity (Wildman–Crippen MR) is 69.6 cm³/mol. The lowest BCUT2D eigenvalue weighted by Crippen LogP contribution is -2.24. The second kappa shape index (κ2) is 4.43. The number of nitrogens with one attached hydrogen (secondary N) is 1. The molecule has 2 heterocycles. The number of thiophene rings is 1. The molecule has 16 heavy (non-hydrogen) atoms. The average Bonchev–Trinajstić information content (AvgIpc) is 2.79. The number of halogens is 1. The smallest absolute Gasteiger partial charge is 0.267 e.